The van der Waals surface area contributed by atoms with E-state index in [0.717, 1.165) is 39.0 Å². The Balaban J connectivity index is 1.93. The first-order valence-electron chi connectivity index (χ1n) is 6.45. The van der Waals surface area contributed by atoms with Crippen molar-refractivity contribution in [2.45, 2.75) is 20.0 Å². The molecule has 106 valence electrons. The smallest absolute Gasteiger partial charge is 0.134 e. The number of hydrogen-bond acceptors (Lipinski definition) is 3. The molecule has 20 heavy (non-hydrogen) atoms. The van der Waals surface area contributed by atoms with Crippen LogP contribution in [0.1, 0.15) is 18.9 Å². The van der Waals surface area contributed by atoms with Gasteiger partial charge in [-0.05, 0) is 46.6 Å². The van der Waals surface area contributed by atoms with Crippen molar-refractivity contribution in [3.05, 3.63) is 51.0 Å². The van der Waals surface area contributed by atoms with E-state index in [9.17, 15) is 0 Å². The first-order valence-corrected chi connectivity index (χ1v) is 8.04. The molecule has 5 heteroatoms. The van der Waals surface area contributed by atoms with Crippen LogP contribution in [-0.2, 0) is 6.61 Å². The summed E-state index contributed by atoms with van der Waals surface area (Å²) in [5.74, 6) is 1.72. The number of benzene rings is 1. The zero-order chi connectivity index (χ0) is 14.4. The van der Waals surface area contributed by atoms with Crippen molar-refractivity contribution in [3.63, 3.8) is 0 Å². The summed E-state index contributed by atoms with van der Waals surface area (Å²) in [6.07, 6.45) is 2.93. The zero-order valence-corrected chi connectivity index (χ0v) is 14.4. The molecule has 0 aliphatic rings. The lowest BCUT2D eigenvalue weighted by atomic mass is 10.3. The van der Waals surface area contributed by atoms with Gasteiger partial charge in [-0.15, -0.1) is 0 Å². The third kappa shape index (κ3) is 4.49. The van der Waals surface area contributed by atoms with E-state index >= 15 is 0 Å². The Hall–Kier alpha value is -1.07. The lowest BCUT2D eigenvalue weighted by molar-refractivity contribution is 0.304. The molecule has 0 bridgehead atoms. The molecule has 0 fully saturated rings. The summed E-state index contributed by atoms with van der Waals surface area (Å²) in [5.41, 5.74) is 1.04. The molecule has 1 aromatic carbocycles. The fourth-order valence-corrected chi connectivity index (χ4v) is 2.78. The second-order valence-corrected chi connectivity index (χ2v) is 6.11. The molecule has 1 N–H and O–H groups in total. The Morgan fingerprint density at radius 3 is 2.70 bits per heavy atom. The molecular formula is C15H16Br2N2O. The summed E-state index contributed by atoms with van der Waals surface area (Å²) in [5, 5.41) is 3.25. The molecule has 1 heterocycles. The van der Waals surface area contributed by atoms with Gasteiger partial charge in [0.1, 0.15) is 18.2 Å². The number of rotatable bonds is 6. The molecule has 0 unspecified atom stereocenters. The van der Waals surface area contributed by atoms with Gasteiger partial charge in [0.2, 0.25) is 0 Å². The summed E-state index contributed by atoms with van der Waals surface area (Å²) in [4.78, 5) is 4.35. The van der Waals surface area contributed by atoms with E-state index < -0.39 is 0 Å². The summed E-state index contributed by atoms with van der Waals surface area (Å²) < 4.78 is 7.72. The maximum atomic E-state index is 5.77. The van der Waals surface area contributed by atoms with Crippen molar-refractivity contribution in [2.24, 2.45) is 0 Å². The van der Waals surface area contributed by atoms with E-state index in [1.54, 1.807) is 0 Å². The van der Waals surface area contributed by atoms with E-state index in [1.165, 1.54) is 0 Å². The quantitative estimate of drug-likeness (QED) is 0.741. The molecule has 2 rings (SSSR count). The highest BCUT2D eigenvalue weighted by Crippen LogP contribution is 2.28. The number of hydrogen-bond donors (Lipinski definition) is 1. The molecule has 0 radical (unpaired) electrons. The van der Waals surface area contributed by atoms with Crippen LogP contribution in [0.15, 0.2) is 45.5 Å². The molecule has 3 nitrogen and oxygen atoms in total. The SMILES string of the molecule is CCCNc1ccc(COc2ccc(Br)cc2Br)cn1. The first kappa shape index (κ1) is 15.3. The van der Waals surface area contributed by atoms with Crippen LogP contribution in [0.4, 0.5) is 5.82 Å². The molecule has 2 aromatic rings. The average Bonchev–Trinajstić information content (AvgIpc) is 2.45. The van der Waals surface area contributed by atoms with Crippen molar-refractivity contribution in [2.75, 3.05) is 11.9 Å². The van der Waals surface area contributed by atoms with Crippen LogP contribution in [0.3, 0.4) is 0 Å². The first-order chi connectivity index (χ1) is 9.69. The number of nitrogens with one attached hydrogen (secondary N) is 1. The van der Waals surface area contributed by atoms with Gasteiger partial charge < -0.3 is 10.1 Å². The minimum Gasteiger partial charge on any atom is -0.488 e. The monoisotopic (exact) mass is 398 g/mol. The van der Waals surface area contributed by atoms with Gasteiger partial charge in [0.05, 0.1) is 4.47 Å². The predicted molar refractivity (Wildman–Crippen MR) is 89.2 cm³/mol. The van der Waals surface area contributed by atoms with E-state index in [0.29, 0.717) is 6.61 Å². The van der Waals surface area contributed by atoms with E-state index in [2.05, 4.69) is 49.1 Å². The van der Waals surface area contributed by atoms with Crippen molar-refractivity contribution in [1.29, 1.82) is 0 Å². The Kier molecular flexibility index (Phi) is 5.86. The maximum absolute atomic E-state index is 5.77. The van der Waals surface area contributed by atoms with E-state index in [1.807, 2.05) is 36.5 Å². The third-order valence-corrected chi connectivity index (χ3v) is 3.78. The van der Waals surface area contributed by atoms with Crippen molar-refractivity contribution >= 4 is 37.7 Å². The highest BCUT2D eigenvalue weighted by molar-refractivity contribution is 9.11. The fraction of sp³-hybridized carbons (Fsp3) is 0.267. The number of halogens is 2. The van der Waals surface area contributed by atoms with Gasteiger partial charge in [-0.1, -0.05) is 28.9 Å². The normalized spacial score (nSPS) is 10.3. The van der Waals surface area contributed by atoms with Crippen LogP contribution in [0.2, 0.25) is 0 Å². The Morgan fingerprint density at radius 2 is 2.05 bits per heavy atom. The molecule has 0 aliphatic carbocycles. The molecule has 0 aliphatic heterocycles. The average molecular weight is 400 g/mol. The van der Waals surface area contributed by atoms with Gasteiger partial charge in [0.25, 0.3) is 0 Å². The lowest BCUT2D eigenvalue weighted by Gasteiger charge is -2.09. The number of aromatic nitrogens is 1. The minimum atomic E-state index is 0.501. The fourth-order valence-electron chi connectivity index (χ4n) is 1.62. The topological polar surface area (TPSA) is 34.1 Å². The van der Waals surface area contributed by atoms with Crippen LogP contribution < -0.4 is 10.1 Å². The van der Waals surface area contributed by atoms with Crippen molar-refractivity contribution in [3.8, 4) is 5.75 Å². The van der Waals surface area contributed by atoms with Crippen LogP contribution in [-0.4, -0.2) is 11.5 Å². The molecular weight excluding hydrogens is 384 g/mol. The number of ether oxygens (including phenoxy) is 1. The highest BCUT2D eigenvalue weighted by atomic mass is 79.9. The Morgan fingerprint density at radius 1 is 1.20 bits per heavy atom. The van der Waals surface area contributed by atoms with E-state index in [4.69, 9.17) is 4.74 Å². The Labute approximate surface area is 136 Å². The van der Waals surface area contributed by atoms with Crippen molar-refractivity contribution in [1.82, 2.24) is 4.98 Å². The van der Waals surface area contributed by atoms with Crippen LogP contribution in [0.25, 0.3) is 0 Å². The summed E-state index contributed by atoms with van der Waals surface area (Å²) in [7, 11) is 0. The maximum Gasteiger partial charge on any atom is 0.134 e. The van der Waals surface area contributed by atoms with Gasteiger partial charge in [0, 0.05) is 22.8 Å². The number of anilines is 1. The van der Waals surface area contributed by atoms with Gasteiger partial charge in [-0.3, -0.25) is 0 Å². The van der Waals surface area contributed by atoms with Gasteiger partial charge in [0.15, 0.2) is 0 Å². The summed E-state index contributed by atoms with van der Waals surface area (Å²) in [6.45, 7) is 3.57. The Bertz CT molecular complexity index is 558. The second-order valence-electron chi connectivity index (χ2n) is 4.34. The highest BCUT2D eigenvalue weighted by Gasteiger charge is 2.03. The van der Waals surface area contributed by atoms with Gasteiger partial charge in [-0.25, -0.2) is 4.98 Å². The predicted octanol–water partition coefficient (Wildman–Crippen LogP) is 5.01. The van der Waals surface area contributed by atoms with Crippen LogP contribution >= 0.6 is 31.9 Å². The van der Waals surface area contributed by atoms with Crippen LogP contribution in [0.5, 0.6) is 5.75 Å². The zero-order valence-electron chi connectivity index (χ0n) is 11.2. The largest absolute Gasteiger partial charge is 0.488 e. The molecule has 0 saturated carbocycles. The second kappa shape index (κ2) is 7.64. The van der Waals surface area contributed by atoms with Gasteiger partial charge >= 0.3 is 0 Å². The molecule has 1 aromatic heterocycles. The molecule has 0 atom stereocenters. The molecule has 0 saturated heterocycles. The van der Waals surface area contributed by atoms with Crippen LogP contribution in [0, 0.1) is 0 Å². The van der Waals surface area contributed by atoms with Gasteiger partial charge in [-0.2, -0.15) is 0 Å². The van der Waals surface area contributed by atoms with Crippen molar-refractivity contribution < 1.29 is 4.74 Å². The third-order valence-electron chi connectivity index (χ3n) is 2.67. The van der Waals surface area contributed by atoms with E-state index in [-0.39, 0.29) is 0 Å². The molecule has 0 amide bonds. The number of nitrogens with zero attached hydrogens (tertiary/aromatic N) is 1. The summed E-state index contributed by atoms with van der Waals surface area (Å²) >= 11 is 6.90. The number of pyridine rings is 1. The summed E-state index contributed by atoms with van der Waals surface area (Å²) in [6, 6.07) is 9.85. The standard InChI is InChI=1S/C15H16Br2N2O/c1-2-7-18-15-6-3-11(9-19-15)10-20-14-5-4-12(16)8-13(14)17/h3-6,8-9H,2,7,10H2,1H3,(H,18,19). The molecule has 0 spiro atoms. The lowest BCUT2D eigenvalue weighted by Crippen LogP contribution is -2.02. The minimum absolute atomic E-state index is 0.501.